The third-order valence-corrected chi connectivity index (χ3v) is 4.58. The number of methoxy groups -OCH3 is 1. The summed E-state index contributed by atoms with van der Waals surface area (Å²) in [7, 11) is 5.47. The third-order valence-electron chi connectivity index (χ3n) is 4.58. The summed E-state index contributed by atoms with van der Waals surface area (Å²) in [6.07, 6.45) is 0.907. The Hall–Kier alpha value is -1.77. The van der Waals surface area contributed by atoms with E-state index in [-0.39, 0.29) is 30.0 Å². The van der Waals surface area contributed by atoms with Crippen LogP contribution in [0.5, 0.6) is 5.75 Å². The van der Waals surface area contributed by atoms with Crippen molar-refractivity contribution >= 4 is 29.9 Å². The molecule has 0 amide bonds. The van der Waals surface area contributed by atoms with Crippen LogP contribution in [-0.2, 0) is 20.0 Å². The maximum absolute atomic E-state index is 5.34. The van der Waals surface area contributed by atoms with E-state index in [0.717, 1.165) is 29.4 Å². The topological polar surface area (TPSA) is 63.5 Å². The molecule has 27 heavy (non-hydrogen) atoms. The second-order valence-corrected chi connectivity index (χ2v) is 6.81. The van der Waals surface area contributed by atoms with Gasteiger partial charge < -0.3 is 15.4 Å². The van der Waals surface area contributed by atoms with Gasteiger partial charge in [0.25, 0.3) is 0 Å². The van der Waals surface area contributed by atoms with Crippen LogP contribution in [0.2, 0.25) is 0 Å². The Morgan fingerprint density at radius 1 is 1.26 bits per heavy atom. The molecule has 0 aliphatic carbocycles. The lowest BCUT2D eigenvalue weighted by molar-refractivity contribution is 0.414. The van der Waals surface area contributed by atoms with Crippen LogP contribution in [0.1, 0.15) is 35.0 Å². The minimum atomic E-state index is 0. The van der Waals surface area contributed by atoms with Gasteiger partial charge in [-0.3, -0.25) is 9.67 Å². The predicted octanol–water partition coefficient (Wildman–Crippen LogP) is 3.27. The Bertz CT molecular complexity index is 785. The largest absolute Gasteiger partial charge is 0.497 e. The summed E-state index contributed by atoms with van der Waals surface area (Å²) in [6.45, 7) is 9.09. The third kappa shape index (κ3) is 6.41. The van der Waals surface area contributed by atoms with Crippen LogP contribution in [-0.4, -0.2) is 35.9 Å². The average Bonchev–Trinajstić information content (AvgIpc) is 2.84. The van der Waals surface area contributed by atoms with E-state index in [1.54, 1.807) is 14.2 Å². The molecule has 7 heteroatoms. The SMILES string of the molecule is CN=C(NCc1cc(C)cc(OC)c1)NC(C)Cc1c(C)nn(C)c1C.I. The molecule has 0 bridgehead atoms. The number of aliphatic imine (C=N–C) groups is 1. The molecule has 0 aliphatic rings. The fraction of sp³-hybridized carbons (Fsp3) is 0.500. The highest BCUT2D eigenvalue weighted by atomic mass is 127. The van der Waals surface area contributed by atoms with Crippen LogP contribution in [0, 0.1) is 20.8 Å². The van der Waals surface area contributed by atoms with Crippen molar-refractivity contribution in [2.75, 3.05) is 14.2 Å². The first-order valence-electron chi connectivity index (χ1n) is 8.94. The van der Waals surface area contributed by atoms with Gasteiger partial charge in [0.05, 0.1) is 12.8 Å². The number of guanidine groups is 1. The Kier molecular flexibility index (Phi) is 9.08. The van der Waals surface area contributed by atoms with Gasteiger partial charge in [0, 0.05) is 32.4 Å². The molecule has 1 atom stereocenters. The number of rotatable bonds is 6. The van der Waals surface area contributed by atoms with E-state index in [4.69, 9.17) is 4.74 Å². The van der Waals surface area contributed by atoms with Crippen LogP contribution >= 0.6 is 24.0 Å². The van der Waals surface area contributed by atoms with Crippen LogP contribution in [0.3, 0.4) is 0 Å². The number of nitrogens with one attached hydrogen (secondary N) is 2. The molecule has 0 saturated carbocycles. The number of ether oxygens (including phenoxy) is 1. The number of nitrogens with zero attached hydrogens (tertiary/aromatic N) is 3. The number of halogens is 1. The number of benzene rings is 1. The number of hydrogen-bond acceptors (Lipinski definition) is 3. The van der Waals surface area contributed by atoms with Crippen molar-refractivity contribution in [3.63, 3.8) is 0 Å². The Morgan fingerprint density at radius 2 is 1.96 bits per heavy atom. The fourth-order valence-electron chi connectivity index (χ4n) is 3.13. The highest BCUT2D eigenvalue weighted by Gasteiger charge is 2.14. The molecular formula is C20H32IN5O. The van der Waals surface area contributed by atoms with E-state index in [0.29, 0.717) is 6.54 Å². The van der Waals surface area contributed by atoms with Crippen LogP contribution in [0.4, 0.5) is 0 Å². The van der Waals surface area contributed by atoms with E-state index in [2.05, 4.69) is 54.5 Å². The van der Waals surface area contributed by atoms with Crippen molar-refractivity contribution in [3.05, 3.63) is 46.3 Å². The molecule has 0 radical (unpaired) electrons. The van der Waals surface area contributed by atoms with Crippen LogP contribution in [0.15, 0.2) is 23.2 Å². The van der Waals surface area contributed by atoms with Crippen molar-refractivity contribution < 1.29 is 4.74 Å². The lowest BCUT2D eigenvalue weighted by atomic mass is 10.1. The average molecular weight is 485 g/mol. The molecule has 1 heterocycles. The lowest BCUT2D eigenvalue weighted by Gasteiger charge is -2.18. The molecule has 150 valence electrons. The van der Waals surface area contributed by atoms with E-state index in [1.165, 1.54) is 16.8 Å². The maximum atomic E-state index is 5.34. The van der Waals surface area contributed by atoms with Gasteiger partial charge in [0.15, 0.2) is 5.96 Å². The van der Waals surface area contributed by atoms with Gasteiger partial charge in [-0.15, -0.1) is 24.0 Å². The minimum Gasteiger partial charge on any atom is -0.497 e. The molecule has 0 aliphatic heterocycles. The molecule has 2 rings (SSSR count). The standard InChI is InChI=1S/C20H31N5O.HI/c1-13-8-17(11-18(9-13)26-7)12-22-20(21-5)23-14(2)10-19-15(3)24-25(6)16(19)4;/h8-9,11,14H,10,12H2,1-7H3,(H2,21,22,23);1H. The summed E-state index contributed by atoms with van der Waals surface area (Å²) in [5, 5.41) is 11.3. The van der Waals surface area contributed by atoms with Gasteiger partial charge in [-0.25, -0.2) is 0 Å². The zero-order chi connectivity index (χ0) is 19.3. The molecule has 1 aromatic heterocycles. The molecule has 6 nitrogen and oxygen atoms in total. The zero-order valence-corrected chi connectivity index (χ0v) is 19.7. The fourth-order valence-corrected chi connectivity index (χ4v) is 3.13. The van der Waals surface area contributed by atoms with Crippen molar-refractivity contribution in [1.29, 1.82) is 0 Å². The molecular weight excluding hydrogens is 453 g/mol. The lowest BCUT2D eigenvalue weighted by Crippen LogP contribution is -2.42. The number of aromatic nitrogens is 2. The summed E-state index contributed by atoms with van der Waals surface area (Å²) in [6, 6.07) is 6.46. The van der Waals surface area contributed by atoms with Gasteiger partial charge in [0.1, 0.15) is 5.75 Å². The molecule has 0 spiro atoms. The summed E-state index contributed by atoms with van der Waals surface area (Å²) in [4.78, 5) is 4.34. The smallest absolute Gasteiger partial charge is 0.191 e. The Balaban J connectivity index is 0.00000364. The van der Waals surface area contributed by atoms with E-state index in [1.807, 2.05) is 23.9 Å². The molecule has 1 aromatic carbocycles. The van der Waals surface area contributed by atoms with Crippen molar-refractivity contribution in [2.24, 2.45) is 12.0 Å². The van der Waals surface area contributed by atoms with E-state index >= 15 is 0 Å². The summed E-state index contributed by atoms with van der Waals surface area (Å²) in [5.41, 5.74) is 5.95. The van der Waals surface area contributed by atoms with Crippen LogP contribution in [0.25, 0.3) is 0 Å². The molecule has 2 aromatic rings. The number of hydrogen-bond donors (Lipinski definition) is 2. The maximum Gasteiger partial charge on any atom is 0.191 e. The summed E-state index contributed by atoms with van der Waals surface area (Å²) < 4.78 is 7.28. The normalized spacial score (nSPS) is 12.3. The highest BCUT2D eigenvalue weighted by molar-refractivity contribution is 14.0. The first kappa shape index (κ1) is 23.3. The summed E-state index contributed by atoms with van der Waals surface area (Å²) >= 11 is 0. The molecule has 0 fully saturated rings. The molecule has 2 N–H and O–H groups in total. The first-order chi connectivity index (χ1) is 12.3. The second-order valence-electron chi connectivity index (χ2n) is 6.81. The number of aryl methyl sites for hydroxylation is 3. The Labute approximate surface area is 179 Å². The zero-order valence-electron chi connectivity index (χ0n) is 17.4. The van der Waals surface area contributed by atoms with E-state index in [9.17, 15) is 0 Å². The minimum absolute atomic E-state index is 0. The van der Waals surface area contributed by atoms with Gasteiger partial charge in [0.2, 0.25) is 0 Å². The van der Waals surface area contributed by atoms with Crippen molar-refractivity contribution in [1.82, 2.24) is 20.4 Å². The Morgan fingerprint density at radius 3 is 2.52 bits per heavy atom. The molecule has 1 unspecified atom stereocenters. The second kappa shape index (κ2) is 10.5. The van der Waals surface area contributed by atoms with Crippen LogP contribution < -0.4 is 15.4 Å². The van der Waals surface area contributed by atoms with Crippen molar-refractivity contribution in [2.45, 2.75) is 46.7 Å². The first-order valence-corrected chi connectivity index (χ1v) is 8.94. The summed E-state index contributed by atoms with van der Waals surface area (Å²) in [5.74, 6) is 1.66. The van der Waals surface area contributed by atoms with Gasteiger partial charge >= 0.3 is 0 Å². The van der Waals surface area contributed by atoms with Gasteiger partial charge in [-0.05, 0) is 62.9 Å². The van der Waals surface area contributed by atoms with Crippen molar-refractivity contribution in [3.8, 4) is 5.75 Å². The monoisotopic (exact) mass is 485 g/mol. The van der Waals surface area contributed by atoms with E-state index < -0.39 is 0 Å². The van der Waals surface area contributed by atoms with Gasteiger partial charge in [-0.2, -0.15) is 5.10 Å². The quantitative estimate of drug-likeness (QED) is 0.375. The highest BCUT2D eigenvalue weighted by Crippen LogP contribution is 2.16. The molecule has 0 saturated heterocycles. The predicted molar refractivity (Wildman–Crippen MR) is 122 cm³/mol. The van der Waals surface area contributed by atoms with Gasteiger partial charge in [-0.1, -0.05) is 6.07 Å².